The van der Waals surface area contributed by atoms with Crippen molar-refractivity contribution in [3.63, 3.8) is 0 Å². The monoisotopic (exact) mass is 264 g/mol. The van der Waals surface area contributed by atoms with Gasteiger partial charge in [-0.3, -0.25) is 4.90 Å². The maximum Gasteiger partial charge on any atom is 0.123 e. The van der Waals surface area contributed by atoms with Gasteiger partial charge < -0.3 is 15.2 Å². The summed E-state index contributed by atoms with van der Waals surface area (Å²) in [4.78, 5) is 2.45. The Bertz CT molecular complexity index is 423. The highest BCUT2D eigenvalue weighted by Gasteiger charge is 2.24. The van der Waals surface area contributed by atoms with E-state index in [1.54, 1.807) is 14.2 Å². The molecule has 0 bridgehead atoms. The van der Waals surface area contributed by atoms with Crippen molar-refractivity contribution in [2.24, 2.45) is 5.73 Å². The van der Waals surface area contributed by atoms with Gasteiger partial charge >= 0.3 is 0 Å². The van der Waals surface area contributed by atoms with Crippen LogP contribution in [0.3, 0.4) is 0 Å². The maximum atomic E-state index is 6.36. The first-order valence-corrected chi connectivity index (χ1v) is 6.87. The Kier molecular flexibility index (Phi) is 4.66. The molecule has 1 saturated heterocycles. The number of hydrogen-bond acceptors (Lipinski definition) is 4. The number of methoxy groups -OCH3 is 2. The van der Waals surface area contributed by atoms with Crippen LogP contribution in [-0.4, -0.2) is 38.3 Å². The predicted molar refractivity (Wildman–Crippen MR) is 76.7 cm³/mol. The Morgan fingerprint density at radius 3 is 2.74 bits per heavy atom. The fourth-order valence-corrected chi connectivity index (χ4v) is 2.74. The van der Waals surface area contributed by atoms with Crippen molar-refractivity contribution >= 4 is 0 Å². The molecule has 1 aromatic rings. The number of rotatable bonds is 5. The van der Waals surface area contributed by atoms with Gasteiger partial charge in [0.25, 0.3) is 0 Å². The zero-order chi connectivity index (χ0) is 13.8. The molecule has 2 rings (SSSR count). The molecule has 4 nitrogen and oxygen atoms in total. The molecule has 1 aromatic carbocycles. The second-order valence-corrected chi connectivity index (χ2v) is 5.20. The van der Waals surface area contributed by atoms with Crippen molar-refractivity contribution in [1.29, 1.82) is 0 Å². The van der Waals surface area contributed by atoms with Crippen LogP contribution in [0.2, 0.25) is 0 Å². The van der Waals surface area contributed by atoms with Crippen LogP contribution in [0.1, 0.15) is 31.4 Å². The number of nitrogens with zero attached hydrogens (tertiary/aromatic N) is 1. The highest BCUT2D eigenvalue weighted by Crippen LogP contribution is 2.30. The van der Waals surface area contributed by atoms with E-state index in [1.807, 2.05) is 18.2 Å². The molecule has 0 aromatic heterocycles. The Labute approximate surface area is 115 Å². The smallest absolute Gasteiger partial charge is 0.123 e. The summed E-state index contributed by atoms with van der Waals surface area (Å²) in [5.74, 6) is 1.65. The highest BCUT2D eigenvalue weighted by atomic mass is 16.5. The standard InChI is InChI=1S/C15H24N2O2/c1-11-5-4-8-17(11)10-14(16)13-9-12(18-2)6-7-15(13)19-3/h6-7,9,11,14H,4-5,8,10,16H2,1-3H3. The van der Waals surface area contributed by atoms with Crippen LogP contribution in [0.4, 0.5) is 0 Å². The molecule has 2 N–H and O–H groups in total. The van der Waals surface area contributed by atoms with E-state index in [-0.39, 0.29) is 6.04 Å². The summed E-state index contributed by atoms with van der Waals surface area (Å²) >= 11 is 0. The first-order valence-electron chi connectivity index (χ1n) is 6.87. The fourth-order valence-electron chi connectivity index (χ4n) is 2.74. The van der Waals surface area contributed by atoms with Crippen molar-refractivity contribution in [3.05, 3.63) is 23.8 Å². The van der Waals surface area contributed by atoms with Crippen LogP contribution < -0.4 is 15.2 Å². The van der Waals surface area contributed by atoms with E-state index in [0.717, 1.165) is 30.2 Å². The van der Waals surface area contributed by atoms with E-state index in [9.17, 15) is 0 Å². The minimum absolute atomic E-state index is 0.0504. The number of benzene rings is 1. The number of likely N-dealkylation sites (tertiary alicyclic amines) is 1. The summed E-state index contributed by atoms with van der Waals surface area (Å²) in [6.45, 7) is 4.27. The summed E-state index contributed by atoms with van der Waals surface area (Å²) < 4.78 is 10.7. The average Bonchev–Trinajstić information content (AvgIpc) is 2.83. The maximum absolute atomic E-state index is 6.36. The molecule has 0 radical (unpaired) electrons. The van der Waals surface area contributed by atoms with Gasteiger partial charge in [0.1, 0.15) is 11.5 Å². The normalized spacial score (nSPS) is 21.4. The molecule has 0 saturated carbocycles. The number of hydrogen-bond donors (Lipinski definition) is 1. The highest BCUT2D eigenvalue weighted by molar-refractivity contribution is 5.42. The molecule has 106 valence electrons. The summed E-state index contributed by atoms with van der Waals surface area (Å²) in [6, 6.07) is 6.37. The van der Waals surface area contributed by atoms with Crippen LogP contribution in [-0.2, 0) is 0 Å². The summed E-state index contributed by atoms with van der Waals surface area (Å²) in [5, 5.41) is 0. The van der Waals surface area contributed by atoms with Crippen LogP contribution >= 0.6 is 0 Å². The molecular weight excluding hydrogens is 240 g/mol. The minimum Gasteiger partial charge on any atom is -0.497 e. The van der Waals surface area contributed by atoms with Gasteiger partial charge in [0, 0.05) is 24.2 Å². The van der Waals surface area contributed by atoms with Gasteiger partial charge in [0.15, 0.2) is 0 Å². The molecule has 1 fully saturated rings. The van der Waals surface area contributed by atoms with Crippen molar-refractivity contribution in [2.45, 2.75) is 31.8 Å². The summed E-state index contributed by atoms with van der Waals surface area (Å²) in [5.41, 5.74) is 7.37. The van der Waals surface area contributed by atoms with Crippen molar-refractivity contribution in [1.82, 2.24) is 4.90 Å². The quantitative estimate of drug-likeness (QED) is 0.885. The number of ether oxygens (including phenoxy) is 2. The van der Waals surface area contributed by atoms with Crippen LogP contribution in [0.5, 0.6) is 11.5 Å². The van der Waals surface area contributed by atoms with Crippen LogP contribution in [0.25, 0.3) is 0 Å². The van der Waals surface area contributed by atoms with E-state index in [1.165, 1.54) is 12.8 Å². The van der Waals surface area contributed by atoms with E-state index in [2.05, 4.69) is 11.8 Å². The Balaban J connectivity index is 2.14. The predicted octanol–water partition coefficient (Wildman–Crippen LogP) is 2.19. The first-order chi connectivity index (χ1) is 9.15. The van der Waals surface area contributed by atoms with Gasteiger partial charge in [-0.05, 0) is 44.5 Å². The molecular formula is C15H24N2O2. The molecule has 2 unspecified atom stereocenters. The van der Waals surface area contributed by atoms with Gasteiger partial charge in [-0.15, -0.1) is 0 Å². The van der Waals surface area contributed by atoms with Gasteiger partial charge in [-0.25, -0.2) is 0 Å². The molecule has 2 atom stereocenters. The van der Waals surface area contributed by atoms with Gasteiger partial charge in [-0.2, -0.15) is 0 Å². The molecule has 0 aliphatic carbocycles. The van der Waals surface area contributed by atoms with Gasteiger partial charge in [-0.1, -0.05) is 0 Å². The third-order valence-corrected chi connectivity index (χ3v) is 3.96. The Morgan fingerprint density at radius 1 is 1.37 bits per heavy atom. The van der Waals surface area contributed by atoms with Crippen molar-refractivity contribution in [2.75, 3.05) is 27.3 Å². The minimum atomic E-state index is -0.0504. The van der Waals surface area contributed by atoms with Crippen LogP contribution in [0.15, 0.2) is 18.2 Å². The zero-order valence-electron chi connectivity index (χ0n) is 12.1. The zero-order valence-corrected chi connectivity index (χ0v) is 12.1. The lowest BCUT2D eigenvalue weighted by Gasteiger charge is -2.26. The third kappa shape index (κ3) is 3.19. The van der Waals surface area contributed by atoms with Gasteiger partial charge in [0.2, 0.25) is 0 Å². The van der Waals surface area contributed by atoms with Crippen molar-refractivity contribution in [3.8, 4) is 11.5 Å². The van der Waals surface area contributed by atoms with E-state index in [4.69, 9.17) is 15.2 Å². The van der Waals surface area contributed by atoms with E-state index in [0.29, 0.717) is 6.04 Å². The molecule has 4 heteroatoms. The lowest BCUT2D eigenvalue weighted by atomic mass is 10.0. The summed E-state index contributed by atoms with van der Waals surface area (Å²) in [7, 11) is 3.34. The average molecular weight is 264 g/mol. The lowest BCUT2D eigenvalue weighted by molar-refractivity contribution is 0.250. The molecule has 0 amide bonds. The fraction of sp³-hybridized carbons (Fsp3) is 0.600. The molecule has 0 spiro atoms. The number of nitrogens with two attached hydrogens (primary N) is 1. The molecule has 1 aliphatic rings. The van der Waals surface area contributed by atoms with Gasteiger partial charge in [0.05, 0.1) is 14.2 Å². The van der Waals surface area contributed by atoms with Crippen LogP contribution in [0, 0.1) is 0 Å². The molecule has 1 aliphatic heterocycles. The Hall–Kier alpha value is -1.26. The largest absolute Gasteiger partial charge is 0.497 e. The third-order valence-electron chi connectivity index (χ3n) is 3.96. The van der Waals surface area contributed by atoms with E-state index < -0.39 is 0 Å². The van der Waals surface area contributed by atoms with E-state index >= 15 is 0 Å². The lowest BCUT2D eigenvalue weighted by Crippen LogP contribution is -2.34. The second-order valence-electron chi connectivity index (χ2n) is 5.20. The summed E-state index contributed by atoms with van der Waals surface area (Å²) in [6.07, 6.45) is 2.53. The SMILES string of the molecule is COc1ccc(OC)c(C(N)CN2CCCC2C)c1. The molecule has 19 heavy (non-hydrogen) atoms. The molecule has 1 heterocycles. The van der Waals surface area contributed by atoms with Crippen molar-refractivity contribution < 1.29 is 9.47 Å². The first kappa shape index (κ1) is 14.2. The second kappa shape index (κ2) is 6.26. The Morgan fingerprint density at radius 2 is 2.16 bits per heavy atom. The topological polar surface area (TPSA) is 47.7 Å².